The Kier molecular flexibility index (Phi) is 4.80. The number of guanidine groups is 1. The molecule has 0 aromatic heterocycles. The minimum atomic E-state index is -0.896. The Morgan fingerprint density at radius 1 is 0.963 bits per heavy atom. The van der Waals surface area contributed by atoms with Crippen LogP contribution in [0.25, 0.3) is 6.08 Å². The first-order valence-electron chi connectivity index (χ1n) is 9.69. The second-order valence-corrected chi connectivity index (χ2v) is 7.34. The lowest BCUT2D eigenvalue weighted by Crippen LogP contribution is -2.45. The molecule has 4 heteroatoms. The molecule has 1 saturated carbocycles. The van der Waals surface area contributed by atoms with Gasteiger partial charge in [0, 0.05) is 6.20 Å². The minimum absolute atomic E-state index is 0.0368. The SMILES string of the molecule is NC1=NC(c2ccccc2)(C2CCCCC2)C(=O)N1C=Cc1ccccc1. The first-order chi connectivity index (χ1) is 13.2. The van der Waals surface area contributed by atoms with Gasteiger partial charge in [0.1, 0.15) is 0 Å². The molecule has 0 spiro atoms. The van der Waals surface area contributed by atoms with E-state index < -0.39 is 5.54 Å². The minimum Gasteiger partial charge on any atom is -0.369 e. The van der Waals surface area contributed by atoms with E-state index >= 15 is 0 Å². The largest absolute Gasteiger partial charge is 0.369 e. The number of nitrogens with zero attached hydrogens (tertiary/aromatic N) is 2. The van der Waals surface area contributed by atoms with Crippen molar-refractivity contribution in [2.24, 2.45) is 16.6 Å². The summed E-state index contributed by atoms with van der Waals surface area (Å²) in [4.78, 5) is 20.0. The van der Waals surface area contributed by atoms with Gasteiger partial charge in [-0.3, -0.25) is 9.69 Å². The van der Waals surface area contributed by atoms with E-state index in [-0.39, 0.29) is 17.8 Å². The highest BCUT2D eigenvalue weighted by atomic mass is 16.2. The number of nitrogens with two attached hydrogens (primary N) is 1. The third-order valence-electron chi connectivity index (χ3n) is 5.71. The van der Waals surface area contributed by atoms with E-state index in [1.807, 2.05) is 66.7 Å². The number of carbonyl (C=O) groups is 1. The molecule has 1 unspecified atom stereocenters. The highest BCUT2D eigenvalue weighted by Gasteiger charge is 2.53. The first-order valence-corrected chi connectivity index (χ1v) is 9.69. The Labute approximate surface area is 160 Å². The molecular formula is C23H25N3O. The Morgan fingerprint density at radius 2 is 1.59 bits per heavy atom. The van der Waals surface area contributed by atoms with Crippen molar-refractivity contribution in [3.05, 3.63) is 78.0 Å². The van der Waals surface area contributed by atoms with Crippen molar-refractivity contribution in [1.82, 2.24) is 4.90 Å². The molecule has 0 radical (unpaired) electrons. The monoisotopic (exact) mass is 359 g/mol. The molecule has 1 heterocycles. The summed E-state index contributed by atoms with van der Waals surface area (Å²) in [7, 11) is 0. The highest BCUT2D eigenvalue weighted by molar-refractivity contribution is 6.08. The summed E-state index contributed by atoms with van der Waals surface area (Å²) in [6, 6.07) is 19.8. The maximum atomic E-state index is 13.6. The van der Waals surface area contributed by atoms with Gasteiger partial charge in [-0.15, -0.1) is 0 Å². The molecule has 1 aliphatic heterocycles. The zero-order valence-corrected chi connectivity index (χ0v) is 15.4. The lowest BCUT2D eigenvalue weighted by atomic mass is 9.71. The summed E-state index contributed by atoms with van der Waals surface area (Å²) in [5.41, 5.74) is 7.33. The molecule has 1 fully saturated rings. The standard InChI is InChI=1S/C23H25N3O/c24-22-25-23(19-12-6-2-7-13-19,20-14-8-3-9-15-20)21(27)26(22)17-16-18-10-4-1-5-11-18/h1-2,4-7,10-13,16-17,20H,3,8-9,14-15H2,(H2,24,25). The number of rotatable bonds is 4. The van der Waals surface area contributed by atoms with Gasteiger partial charge in [-0.2, -0.15) is 0 Å². The number of carbonyl (C=O) groups excluding carboxylic acids is 1. The fourth-order valence-electron chi connectivity index (χ4n) is 4.34. The number of benzene rings is 2. The first kappa shape index (κ1) is 17.5. The Balaban J connectivity index is 1.72. The van der Waals surface area contributed by atoms with Crippen LogP contribution in [0.4, 0.5) is 0 Å². The molecule has 1 aliphatic carbocycles. The number of hydrogen-bond acceptors (Lipinski definition) is 3. The molecule has 138 valence electrons. The molecule has 27 heavy (non-hydrogen) atoms. The molecule has 1 amide bonds. The van der Waals surface area contributed by atoms with Crippen molar-refractivity contribution in [3.63, 3.8) is 0 Å². The fraction of sp³-hybridized carbons (Fsp3) is 0.304. The van der Waals surface area contributed by atoms with Crippen LogP contribution >= 0.6 is 0 Å². The molecule has 2 aromatic rings. The Morgan fingerprint density at radius 3 is 2.26 bits per heavy atom. The topological polar surface area (TPSA) is 58.7 Å². The number of aliphatic imine (C=N–C) groups is 1. The van der Waals surface area contributed by atoms with E-state index in [1.165, 1.54) is 11.3 Å². The van der Waals surface area contributed by atoms with Crippen LogP contribution in [0.5, 0.6) is 0 Å². The summed E-state index contributed by atoms with van der Waals surface area (Å²) < 4.78 is 0. The molecule has 2 aromatic carbocycles. The molecule has 4 nitrogen and oxygen atoms in total. The van der Waals surface area contributed by atoms with Crippen LogP contribution in [0.2, 0.25) is 0 Å². The second kappa shape index (κ2) is 7.39. The second-order valence-electron chi connectivity index (χ2n) is 7.34. The quantitative estimate of drug-likeness (QED) is 0.885. The zero-order chi connectivity index (χ0) is 18.7. The third kappa shape index (κ3) is 3.16. The maximum absolute atomic E-state index is 13.6. The van der Waals surface area contributed by atoms with Crippen molar-refractivity contribution >= 4 is 17.9 Å². The van der Waals surface area contributed by atoms with Gasteiger partial charge in [0.15, 0.2) is 5.54 Å². The van der Waals surface area contributed by atoms with Crippen LogP contribution in [0, 0.1) is 5.92 Å². The molecular weight excluding hydrogens is 334 g/mol. The van der Waals surface area contributed by atoms with Crippen molar-refractivity contribution in [1.29, 1.82) is 0 Å². The molecule has 0 saturated heterocycles. The molecule has 4 rings (SSSR count). The van der Waals surface area contributed by atoms with Gasteiger partial charge in [0.2, 0.25) is 5.96 Å². The number of hydrogen-bond donors (Lipinski definition) is 1. The Hall–Kier alpha value is -2.88. The summed E-state index contributed by atoms with van der Waals surface area (Å²) >= 11 is 0. The summed E-state index contributed by atoms with van der Waals surface area (Å²) in [6.45, 7) is 0. The van der Waals surface area contributed by atoms with Gasteiger partial charge >= 0.3 is 0 Å². The molecule has 1 atom stereocenters. The van der Waals surface area contributed by atoms with E-state index in [9.17, 15) is 4.79 Å². The van der Waals surface area contributed by atoms with Crippen molar-refractivity contribution < 1.29 is 4.79 Å². The van der Waals surface area contributed by atoms with Gasteiger partial charge in [0.25, 0.3) is 5.91 Å². The van der Waals surface area contributed by atoms with E-state index in [1.54, 1.807) is 6.20 Å². The van der Waals surface area contributed by atoms with Gasteiger partial charge in [-0.05, 0) is 36.0 Å². The molecule has 2 N–H and O–H groups in total. The molecule has 2 aliphatic rings. The third-order valence-corrected chi connectivity index (χ3v) is 5.71. The van der Waals surface area contributed by atoms with Crippen molar-refractivity contribution in [2.75, 3.05) is 0 Å². The van der Waals surface area contributed by atoms with Gasteiger partial charge < -0.3 is 5.73 Å². The van der Waals surface area contributed by atoms with E-state index in [0.717, 1.165) is 36.8 Å². The van der Waals surface area contributed by atoms with Crippen molar-refractivity contribution in [2.45, 2.75) is 37.6 Å². The summed E-state index contributed by atoms with van der Waals surface area (Å²) in [5.74, 6) is 0.432. The van der Waals surface area contributed by atoms with E-state index in [2.05, 4.69) is 0 Å². The normalized spacial score (nSPS) is 23.8. The van der Waals surface area contributed by atoms with Crippen LogP contribution in [-0.2, 0) is 10.3 Å². The van der Waals surface area contributed by atoms with Crippen LogP contribution in [0.3, 0.4) is 0 Å². The highest BCUT2D eigenvalue weighted by Crippen LogP contribution is 2.46. The van der Waals surface area contributed by atoms with Crippen LogP contribution in [-0.4, -0.2) is 16.8 Å². The van der Waals surface area contributed by atoms with Crippen LogP contribution < -0.4 is 5.73 Å². The van der Waals surface area contributed by atoms with Gasteiger partial charge in [-0.25, -0.2) is 4.99 Å². The fourth-order valence-corrected chi connectivity index (χ4v) is 4.34. The lowest BCUT2D eigenvalue weighted by Gasteiger charge is -2.36. The van der Waals surface area contributed by atoms with Crippen LogP contribution in [0.15, 0.2) is 71.9 Å². The predicted molar refractivity (Wildman–Crippen MR) is 109 cm³/mol. The summed E-state index contributed by atoms with van der Waals surface area (Å²) in [6.07, 6.45) is 9.18. The summed E-state index contributed by atoms with van der Waals surface area (Å²) in [5, 5.41) is 0. The van der Waals surface area contributed by atoms with Gasteiger partial charge in [-0.1, -0.05) is 79.9 Å². The predicted octanol–water partition coefficient (Wildman–Crippen LogP) is 4.29. The van der Waals surface area contributed by atoms with E-state index in [0.29, 0.717) is 0 Å². The maximum Gasteiger partial charge on any atom is 0.266 e. The van der Waals surface area contributed by atoms with Crippen LogP contribution in [0.1, 0.15) is 43.2 Å². The zero-order valence-electron chi connectivity index (χ0n) is 15.4. The average Bonchev–Trinajstić information content (AvgIpc) is 2.99. The number of amides is 1. The lowest BCUT2D eigenvalue weighted by molar-refractivity contribution is -0.132. The van der Waals surface area contributed by atoms with Gasteiger partial charge in [0.05, 0.1) is 0 Å². The Bertz CT molecular complexity index is 854. The molecule has 0 bridgehead atoms. The average molecular weight is 359 g/mol. The van der Waals surface area contributed by atoms with Crippen molar-refractivity contribution in [3.8, 4) is 0 Å². The van der Waals surface area contributed by atoms with E-state index in [4.69, 9.17) is 10.7 Å². The smallest absolute Gasteiger partial charge is 0.266 e.